The fourth-order valence-electron chi connectivity index (χ4n) is 5.36. The summed E-state index contributed by atoms with van der Waals surface area (Å²) in [6.07, 6.45) is 2.28. The second-order valence-electron chi connectivity index (χ2n) is 10.4. The van der Waals surface area contributed by atoms with E-state index in [1.807, 2.05) is 35.2 Å². The van der Waals surface area contributed by atoms with Gasteiger partial charge in [-0.3, -0.25) is 9.69 Å². The van der Waals surface area contributed by atoms with Crippen LogP contribution in [0, 0.1) is 23.2 Å². The molecule has 3 unspecified atom stereocenters. The molecule has 2 aromatic carbocycles. The minimum absolute atomic E-state index is 0.0487. The van der Waals surface area contributed by atoms with Gasteiger partial charge in [-0.25, -0.2) is 4.79 Å². The molecule has 2 heterocycles. The van der Waals surface area contributed by atoms with E-state index in [0.29, 0.717) is 48.3 Å². The van der Waals surface area contributed by atoms with Crippen LogP contribution in [0.25, 0.3) is 0 Å². The molecule has 1 saturated carbocycles. The van der Waals surface area contributed by atoms with Gasteiger partial charge in [-0.2, -0.15) is 5.26 Å². The molecule has 9 nitrogen and oxygen atoms in total. The molecule has 0 spiro atoms. The Labute approximate surface area is 217 Å². The summed E-state index contributed by atoms with van der Waals surface area (Å²) in [6, 6.07) is 16.4. The molecule has 9 heteroatoms. The number of para-hydroxylation sites is 1. The molecule has 3 N–H and O–H groups in total. The van der Waals surface area contributed by atoms with Crippen molar-refractivity contribution in [2.24, 2.45) is 11.8 Å². The number of hydrogen-bond donors (Lipinski definition) is 3. The van der Waals surface area contributed by atoms with Gasteiger partial charge in [-0.15, -0.1) is 0 Å². The molecule has 37 heavy (non-hydrogen) atoms. The molecular formula is C28H33N5O4. The van der Waals surface area contributed by atoms with E-state index >= 15 is 0 Å². The number of nitrogens with zero attached hydrogens (tertiary/aromatic N) is 3. The molecule has 3 atom stereocenters. The normalized spacial score (nSPS) is 22.0. The van der Waals surface area contributed by atoms with Gasteiger partial charge < -0.3 is 25.4 Å². The number of carbonyl (C=O) groups is 2. The monoisotopic (exact) mass is 503 g/mol. The van der Waals surface area contributed by atoms with Gasteiger partial charge in [-0.1, -0.05) is 18.2 Å². The molecule has 3 aliphatic rings. The number of urea groups is 1. The lowest BCUT2D eigenvalue weighted by Crippen LogP contribution is -2.56. The molecule has 0 aromatic heterocycles. The predicted molar refractivity (Wildman–Crippen MR) is 138 cm³/mol. The number of piperidine rings is 2. The van der Waals surface area contributed by atoms with E-state index in [0.717, 1.165) is 38.0 Å². The highest BCUT2D eigenvalue weighted by Gasteiger charge is 2.36. The second-order valence-corrected chi connectivity index (χ2v) is 10.4. The summed E-state index contributed by atoms with van der Waals surface area (Å²) in [5, 5.41) is 25.9. The Hall–Kier alpha value is -3.61. The predicted octanol–water partition coefficient (Wildman–Crippen LogP) is 2.68. The number of ether oxygens (including phenoxy) is 1. The molecule has 2 aliphatic heterocycles. The molecule has 2 saturated heterocycles. The van der Waals surface area contributed by atoms with Crippen molar-refractivity contribution in [1.82, 2.24) is 15.1 Å². The zero-order valence-electron chi connectivity index (χ0n) is 20.8. The molecule has 194 valence electrons. The van der Waals surface area contributed by atoms with Crippen LogP contribution in [-0.2, 0) is 0 Å². The summed E-state index contributed by atoms with van der Waals surface area (Å²) in [6.45, 7) is 3.53. The van der Waals surface area contributed by atoms with Crippen molar-refractivity contribution in [1.29, 1.82) is 5.26 Å². The van der Waals surface area contributed by atoms with Gasteiger partial charge >= 0.3 is 6.03 Å². The van der Waals surface area contributed by atoms with E-state index < -0.39 is 6.10 Å². The molecule has 0 radical (unpaired) electrons. The van der Waals surface area contributed by atoms with E-state index in [2.05, 4.69) is 21.6 Å². The minimum Gasteiger partial charge on any atom is -0.490 e. The molecule has 3 amide bonds. The van der Waals surface area contributed by atoms with Crippen LogP contribution in [0.4, 0.5) is 10.5 Å². The van der Waals surface area contributed by atoms with Crippen LogP contribution in [0.5, 0.6) is 5.75 Å². The number of rotatable bonds is 8. The summed E-state index contributed by atoms with van der Waals surface area (Å²) >= 11 is 0. The van der Waals surface area contributed by atoms with Gasteiger partial charge in [-0.05, 0) is 61.4 Å². The number of nitrogens with one attached hydrogen (secondary N) is 2. The van der Waals surface area contributed by atoms with Crippen LogP contribution < -0.4 is 15.4 Å². The number of aliphatic hydroxyl groups is 1. The van der Waals surface area contributed by atoms with Crippen molar-refractivity contribution in [3.05, 3.63) is 59.7 Å². The summed E-state index contributed by atoms with van der Waals surface area (Å²) in [7, 11) is 0. The van der Waals surface area contributed by atoms with Gasteiger partial charge in [0.2, 0.25) is 0 Å². The number of likely N-dealkylation sites (tertiary alicyclic amines) is 2. The maximum absolute atomic E-state index is 12.8. The average Bonchev–Trinajstić information content (AvgIpc) is 3.71. The lowest BCUT2D eigenvalue weighted by molar-refractivity contribution is 0.0104. The third-order valence-electron chi connectivity index (χ3n) is 7.13. The van der Waals surface area contributed by atoms with Gasteiger partial charge in [0.1, 0.15) is 18.5 Å². The SMILES string of the molecule is N#Cc1ccc(OCC(O)CN2CC3CC(C2)CN(C(=O)Nc2ccccc2)C3)c(C(=O)NC2CC2)c1. The first-order valence-corrected chi connectivity index (χ1v) is 13.0. The Bertz CT molecular complexity index is 1150. The van der Waals surface area contributed by atoms with Crippen molar-refractivity contribution in [2.75, 3.05) is 44.6 Å². The number of fused-ring (bicyclic) bond motifs is 2. The number of carbonyl (C=O) groups excluding carboxylic acids is 2. The first-order chi connectivity index (χ1) is 18.0. The minimum atomic E-state index is -0.730. The Kier molecular flexibility index (Phi) is 7.58. The number of nitriles is 1. The molecule has 2 bridgehead atoms. The highest BCUT2D eigenvalue weighted by atomic mass is 16.5. The zero-order valence-corrected chi connectivity index (χ0v) is 20.8. The number of hydrogen-bond acceptors (Lipinski definition) is 6. The maximum atomic E-state index is 12.8. The Balaban J connectivity index is 1.12. The lowest BCUT2D eigenvalue weighted by atomic mass is 9.84. The average molecular weight is 504 g/mol. The van der Waals surface area contributed by atoms with Crippen LogP contribution in [0.15, 0.2) is 48.5 Å². The number of anilines is 1. The molecule has 5 rings (SSSR count). The number of benzene rings is 2. The second kappa shape index (κ2) is 11.2. The van der Waals surface area contributed by atoms with E-state index in [4.69, 9.17) is 4.74 Å². The van der Waals surface area contributed by atoms with Gasteiger partial charge in [0.15, 0.2) is 0 Å². The van der Waals surface area contributed by atoms with E-state index in [1.165, 1.54) is 6.07 Å². The summed E-state index contributed by atoms with van der Waals surface area (Å²) in [5.74, 6) is 0.831. The third kappa shape index (κ3) is 6.59. The van der Waals surface area contributed by atoms with Crippen molar-refractivity contribution in [3.8, 4) is 11.8 Å². The first kappa shape index (κ1) is 25.1. The van der Waals surface area contributed by atoms with Crippen LogP contribution in [0.2, 0.25) is 0 Å². The quantitative estimate of drug-likeness (QED) is 0.510. The Morgan fingerprint density at radius 2 is 1.81 bits per heavy atom. The van der Waals surface area contributed by atoms with Crippen molar-refractivity contribution in [2.45, 2.75) is 31.4 Å². The van der Waals surface area contributed by atoms with E-state index in [9.17, 15) is 20.0 Å². The molecular weight excluding hydrogens is 470 g/mol. The zero-order chi connectivity index (χ0) is 25.8. The summed E-state index contributed by atoms with van der Waals surface area (Å²) in [5.41, 5.74) is 1.50. The van der Waals surface area contributed by atoms with Crippen LogP contribution >= 0.6 is 0 Å². The first-order valence-electron chi connectivity index (χ1n) is 13.0. The van der Waals surface area contributed by atoms with Gasteiger partial charge in [0.25, 0.3) is 5.91 Å². The topological polar surface area (TPSA) is 118 Å². The Morgan fingerprint density at radius 1 is 1.08 bits per heavy atom. The van der Waals surface area contributed by atoms with E-state index in [-0.39, 0.29) is 24.6 Å². The highest BCUT2D eigenvalue weighted by molar-refractivity contribution is 5.97. The summed E-state index contributed by atoms with van der Waals surface area (Å²) < 4.78 is 5.85. The molecule has 2 aromatic rings. The lowest BCUT2D eigenvalue weighted by Gasteiger charge is -2.46. The van der Waals surface area contributed by atoms with Crippen LogP contribution in [0.1, 0.15) is 35.2 Å². The largest absolute Gasteiger partial charge is 0.490 e. The standard InChI is InChI=1S/C28H33N5O4/c29-12-19-6-9-26(25(11-19)27(35)30-23-7-8-23)37-18-24(34)17-32-13-20-10-21(14-32)16-33(15-20)28(36)31-22-4-2-1-3-5-22/h1-6,9,11,20-21,23-24,34H,7-8,10,13-18H2,(H,30,35)(H,31,36). The van der Waals surface area contributed by atoms with Crippen molar-refractivity contribution >= 4 is 17.6 Å². The van der Waals surface area contributed by atoms with Crippen molar-refractivity contribution in [3.63, 3.8) is 0 Å². The Morgan fingerprint density at radius 3 is 2.49 bits per heavy atom. The van der Waals surface area contributed by atoms with E-state index in [1.54, 1.807) is 12.1 Å². The molecule has 3 fully saturated rings. The highest BCUT2D eigenvalue weighted by Crippen LogP contribution is 2.29. The summed E-state index contributed by atoms with van der Waals surface area (Å²) in [4.78, 5) is 29.5. The third-order valence-corrected chi connectivity index (χ3v) is 7.13. The number of aliphatic hydroxyl groups excluding tert-OH is 1. The number of amides is 3. The fourth-order valence-corrected chi connectivity index (χ4v) is 5.36. The van der Waals surface area contributed by atoms with Crippen molar-refractivity contribution < 1.29 is 19.4 Å². The van der Waals surface area contributed by atoms with Gasteiger partial charge in [0.05, 0.1) is 17.2 Å². The fraction of sp³-hybridized carbons (Fsp3) is 0.464. The van der Waals surface area contributed by atoms with Crippen LogP contribution in [-0.4, -0.2) is 78.3 Å². The van der Waals surface area contributed by atoms with Gasteiger partial charge in [0, 0.05) is 44.5 Å². The molecule has 1 aliphatic carbocycles. The van der Waals surface area contributed by atoms with Crippen LogP contribution in [0.3, 0.4) is 0 Å². The number of β-amino-alcohol motifs (C(OH)–C–C–N with tert-alkyl or cyclic N) is 1. The smallest absolute Gasteiger partial charge is 0.321 e. The maximum Gasteiger partial charge on any atom is 0.321 e.